The number of ether oxygens (including phenoxy) is 3. The smallest absolute Gasteiger partial charge is 0.260 e. The zero-order chi connectivity index (χ0) is 13.4. The number of nitrogens with one attached hydrogen (secondary N) is 1. The average Bonchev–Trinajstić information content (AvgIpc) is 2.39. The molecular weight excluding hydrogens is 234 g/mol. The number of amides is 1. The Morgan fingerprint density at radius 2 is 2.06 bits per heavy atom. The first-order valence-corrected chi connectivity index (χ1v) is 5.74. The minimum Gasteiger partial charge on any atom is -0.497 e. The van der Waals surface area contributed by atoms with Crippen LogP contribution in [0.1, 0.15) is 6.92 Å². The summed E-state index contributed by atoms with van der Waals surface area (Å²) in [5, 5.41) is 2.71. The lowest BCUT2D eigenvalue weighted by atomic mass is 10.3. The molecule has 1 aromatic rings. The molecular formula is C13H19NO4. The third-order valence-corrected chi connectivity index (χ3v) is 2.33. The maximum Gasteiger partial charge on any atom is 0.260 e. The molecule has 5 heteroatoms. The van der Waals surface area contributed by atoms with E-state index < -0.39 is 6.10 Å². The zero-order valence-corrected chi connectivity index (χ0v) is 10.9. The number of benzene rings is 1. The van der Waals surface area contributed by atoms with E-state index in [1.807, 2.05) is 12.1 Å². The third kappa shape index (κ3) is 4.63. The third-order valence-electron chi connectivity index (χ3n) is 2.33. The van der Waals surface area contributed by atoms with Crippen LogP contribution in [0.5, 0.6) is 11.5 Å². The number of methoxy groups -OCH3 is 2. The second-order valence-electron chi connectivity index (χ2n) is 3.72. The lowest BCUT2D eigenvalue weighted by molar-refractivity contribution is -0.127. The van der Waals surface area contributed by atoms with Gasteiger partial charge in [-0.3, -0.25) is 4.79 Å². The van der Waals surface area contributed by atoms with Gasteiger partial charge in [-0.25, -0.2) is 0 Å². The monoisotopic (exact) mass is 253 g/mol. The summed E-state index contributed by atoms with van der Waals surface area (Å²) in [6.45, 7) is 2.65. The molecule has 1 rings (SSSR count). The van der Waals surface area contributed by atoms with E-state index in [9.17, 15) is 4.79 Å². The molecule has 0 aromatic heterocycles. The molecule has 1 amide bonds. The van der Waals surface area contributed by atoms with Gasteiger partial charge in [0.15, 0.2) is 6.10 Å². The van der Waals surface area contributed by atoms with Gasteiger partial charge in [-0.05, 0) is 19.1 Å². The number of rotatable bonds is 7. The highest BCUT2D eigenvalue weighted by atomic mass is 16.5. The Bertz CT molecular complexity index is 381. The summed E-state index contributed by atoms with van der Waals surface area (Å²) in [6, 6.07) is 7.14. The summed E-state index contributed by atoms with van der Waals surface area (Å²) in [5.41, 5.74) is 0. The highest BCUT2D eigenvalue weighted by Gasteiger charge is 2.14. The summed E-state index contributed by atoms with van der Waals surface area (Å²) in [5.74, 6) is 1.12. The second kappa shape index (κ2) is 7.55. The normalized spacial score (nSPS) is 11.7. The molecule has 0 aliphatic heterocycles. The number of carbonyl (C=O) groups excluding carboxylic acids is 1. The molecule has 0 heterocycles. The fourth-order valence-electron chi connectivity index (χ4n) is 1.35. The molecule has 100 valence electrons. The Morgan fingerprint density at radius 3 is 2.72 bits per heavy atom. The molecule has 18 heavy (non-hydrogen) atoms. The van der Waals surface area contributed by atoms with Crippen LogP contribution in [-0.4, -0.2) is 39.4 Å². The highest BCUT2D eigenvalue weighted by molar-refractivity contribution is 5.80. The molecule has 0 unspecified atom stereocenters. The van der Waals surface area contributed by atoms with Crippen LogP contribution >= 0.6 is 0 Å². The molecule has 0 aliphatic carbocycles. The van der Waals surface area contributed by atoms with Crippen molar-refractivity contribution in [2.24, 2.45) is 0 Å². The van der Waals surface area contributed by atoms with E-state index >= 15 is 0 Å². The first kappa shape index (κ1) is 14.3. The van der Waals surface area contributed by atoms with Crippen molar-refractivity contribution in [3.05, 3.63) is 24.3 Å². The van der Waals surface area contributed by atoms with Gasteiger partial charge in [-0.1, -0.05) is 6.07 Å². The van der Waals surface area contributed by atoms with Gasteiger partial charge in [0.2, 0.25) is 0 Å². The lowest BCUT2D eigenvalue weighted by Gasteiger charge is -2.15. The van der Waals surface area contributed by atoms with Gasteiger partial charge in [-0.2, -0.15) is 0 Å². The first-order valence-electron chi connectivity index (χ1n) is 5.74. The summed E-state index contributed by atoms with van der Waals surface area (Å²) in [7, 11) is 3.17. The molecule has 1 N–H and O–H groups in total. The van der Waals surface area contributed by atoms with Crippen molar-refractivity contribution < 1.29 is 19.0 Å². The molecule has 0 spiro atoms. The van der Waals surface area contributed by atoms with Crippen LogP contribution in [0, 0.1) is 0 Å². The second-order valence-corrected chi connectivity index (χ2v) is 3.72. The predicted molar refractivity (Wildman–Crippen MR) is 68.0 cm³/mol. The predicted octanol–water partition coefficient (Wildman–Crippen LogP) is 1.23. The van der Waals surface area contributed by atoms with Crippen LogP contribution in [-0.2, 0) is 9.53 Å². The zero-order valence-electron chi connectivity index (χ0n) is 10.9. The summed E-state index contributed by atoms with van der Waals surface area (Å²) in [4.78, 5) is 11.7. The number of hydrogen-bond acceptors (Lipinski definition) is 4. The molecule has 0 fully saturated rings. The van der Waals surface area contributed by atoms with E-state index in [4.69, 9.17) is 14.2 Å². The minimum absolute atomic E-state index is 0.171. The number of hydrogen-bond donors (Lipinski definition) is 1. The van der Waals surface area contributed by atoms with Gasteiger partial charge in [0, 0.05) is 19.7 Å². The van der Waals surface area contributed by atoms with Gasteiger partial charge < -0.3 is 19.5 Å². The van der Waals surface area contributed by atoms with Gasteiger partial charge in [0.1, 0.15) is 11.5 Å². The largest absolute Gasteiger partial charge is 0.497 e. The molecule has 1 atom stereocenters. The van der Waals surface area contributed by atoms with Crippen molar-refractivity contribution in [3.63, 3.8) is 0 Å². The molecule has 0 radical (unpaired) electrons. The Balaban J connectivity index is 2.47. The first-order chi connectivity index (χ1) is 8.67. The van der Waals surface area contributed by atoms with Gasteiger partial charge in [0.25, 0.3) is 5.91 Å². The van der Waals surface area contributed by atoms with Crippen molar-refractivity contribution in [1.29, 1.82) is 0 Å². The van der Waals surface area contributed by atoms with Crippen LogP contribution in [0.2, 0.25) is 0 Å². The van der Waals surface area contributed by atoms with E-state index in [1.165, 1.54) is 0 Å². The van der Waals surface area contributed by atoms with E-state index in [0.29, 0.717) is 24.7 Å². The van der Waals surface area contributed by atoms with Crippen molar-refractivity contribution in [3.8, 4) is 11.5 Å². The van der Waals surface area contributed by atoms with Gasteiger partial charge >= 0.3 is 0 Å². The quantitative estimate of drug-likeness (QED) is 0.742. The molecule has 0 bridgehead atoms. The van der Waals surface area contributed by atoms with E-state index in [2.05, 4.69) is 5.32 Å². The topological polar surface area (TPSA) is 56.8 Å². The van der Waals surface area contributed by atoms with Crippen LogP contribution in [0.25, 0.3) is 0 Å². The van der Waals surface area contributed by atoms with Crippen molar-refractivity contribution >= 4 is 5.91 Å². The Kier molecular flexibility index (Phi) is 6.00. The van der Waals surface area contributed by atoms with Crippen LogP contribution in [0.15, 0.2) is 24.3 Å². The van der Waals surface area contributed by atoms with E-state index in [-0.39, 0.29) is 5.91 Å². The van der Waals surface area contributed by atoms with E-state index in [0.717, 1.165) is 0 Å². The van der Waals surface area contributed by atoms with Crippen molar-refractivity contribution in [1.82, 2.24) is 5.32 Å². The fourth-order valence-corrected chi connectivity index (χ4v) is 1.35. The van der Waals surface area contributed by atoms with Crippen LogP contribution in [0.3, 0.4) is 0 Å². The van der Waals surface area contributed by atoms with E-state index in [1.54, 1.807) is 33.3 Å². The summed E-state index contributed by atoms with van der Waals surface area (Å²) in [6.07, 6.45) is -0.561. The fraction of sp³-hybridized carbons (Fsp3) is 0.462. The Hall–Kier alpha value is -1.75. The molecule has 0 aliphatic rings. The van der Waals surface area contributed by atoms with Gasteiger partial charge in [-0.15, -0.1) is 0 Å². The SMILES string of the molecule is COCCNC(=O)[C@H](C)Oc1cccc(OC)c1. The maximum atomic E-state index is 11.7. The van der Waals surface area contributed by atoms with Crippen molar-refractivity contribution in [2.75, 3.05) is 27.4 Å². The average molecular weight is 253 g/mol. The van der Waals surface area contributed by atoms with Crippen LogP contribution in [0.4, 0.5) is 0 Å². The number of carbonyl (C=O) groups is 1. The molecule has 1 aromatic carbocycles. The Morgan fingerprint density at radius 1 is 1.33 bits per heavy atom. The highest BCUT2D eigenvalue weighted by Crippen LogP contribution is 2.19. The molecule has 0 saturated heterocycles. The summed E-state index contributed by atoms with van der Waals surface area (Å²) < 4.78 is 15.4. The maximum absolute atomic E-state index is 11.7. The lowest BCUT2D eigenvalue weighted by Crippen LogP contribution is -2.37. The molecule has 0 saturated carbocycles. The van der Waals surface area contributed by atoms with Gasteiger partial charge in [0.05, 0.1) is 13.7 Å². The van der Waals surface area contributed by atoms with Crippen LogP contribution < -0.4 is 14.8 Å². The standard InChI is InChI=1S/C13H19NO4/c1-10(13(15)14-7-8-16-2)18-12-6-4-5-11(9-12)17-3/h4-6,9-10H,7-8H2,1-3H3,(H,14,15)/t10-/m0/s1. The van der Waals surface area contributed by atoms with Crippen molar-refractivity contribution in [2.45, 2.75) is 13.0 Å². The minimum atomic E-state index is -0.561. The molecule has 5 nitrogen and oxygen atoms in total. The summed E-state index contributed by atoms with van der Waals surface area (Å²) >= 11 is 0. The Labute approximate surface area is 107 Å².